The van der Waals surface area contributed by atoms with Gasteiger partial charge < -0.3 is 20.0 Å². The number of nitrogens with zero attached hydrogens (tertiary/aromatic N) is 5. The van der Waals surface area contributed by atoms with Crippen LogP contribution < -0.4 is 20.6 Å². The van der Waals surface area contributed by atoms with Crippen molar-refractivity contribution < 1.29 is 9.63 Å². The van der Waals surface area contributed by atoms with Crippen molar-refractivity contribution in [3.63, 3.8) is 0 Å². The van der Waals surface area contributed by atoms with Gasteiger partial charge in [-0.1, -0.05) is 26.8 Å². The van der Waals surface area contributed by atoms with Gasteiger partial charge in [-0.15, -0.1) is 0 Å². The molecule has 1 aliphatic heterocycles. The monoisotopic (exact) mass is 469 g/mol. The highest BCUT2D eigenvalue weighted by atomic mass is 16.6. The number of carbonyl (C=O) groups excluding carboxylic acids is 1. The lowest BCUT2D eigenvalue weighted by Gasteiger charge is -2.29. The standard InChI is InChI=1S/C25H39N7O2/c1-18-9-10-19(23(33)29-34-7)15-20(18)26-21-16-22(32-12-8-11-30(5)13-14-32)28-24(27-21)31(6)17-25(2,3)4/h9-10,15-16H,8,11-14,17H2,1-7H3,(H,29,33)(H,26,27,28). The number of benzene rings is 1. The van der Waals surface area contributed by atoms with E-state index < -0.39 is 0 Å². The minimum absolute atomic E-state index is 0.104. The van der Waals surface area contributed by atoms with E-state index in [2.05, 4.69) is 53.3 Å². The van der Waals surface area contributed by atoms with E-state index in [-0.39, 0.29) is 11.3 Å². The van der Waals surface area contributed by atoms with E-state index in [4.69, 9.17) is 14.8 Å². The molecule has 2 N–H and O–H groups in total. The number of aryl methyl sites for hydroxylation is 1. The summed E-state index contributed by atoms with van der Waals surface area (Å²) in [6.45, 7) is 13.4. The number of anilines is 4. The second-order valence-electron chi connectivity index (χ2n) is 10.3. The lowest BCUT2D eigenvalue weighted by atomic mass is 9.96. The van der Waals surface area contributed by atoms with E-state index in [0.29, 0.717) is 17.3 Å². The molecule has 1 aliphatic rings. The van der Waals surface area contributed by atoms with Crippen molar-refractivity contribution in [2.24, 2.45) is 5.41 Å². The molecule has 0 atom stereocenters. The number of nitrogens with one attached hydrogen (secondary N) is 2. The normalized spacial score (nSPS) is 15.1. The molecule has 9 nitrogen and oxygen atoms in total. The van der Waals surface area contributed by atoms with E-state index in [0.717, 1.165) is 56.2 Å². The number of amides is 1. The van der Waals surface area contributed by atoms with Gasteiger partial charge in [0.05, 0.1) is 7.11 Å². The summed E-state index contributed by atoms with van der Waals surface area (Å²) in [6, 6.07) is 7.49. The molecular weight excluding hydrogens is 430 g/mol. The minimum atomic E-state index is -0.298. The Morgan fingerprint density at radius 3 is 2.62 bits per heavy atom. The summed E-state index contributed by atoms with van der Waals surface area (Å²) in [4.78, 5) is 33.6. The number of aromatic nitrogens is 2. The van der Waals surface area contributed by atoms with Crippen LogP contribution in [0.2, 0.25) is 0 Å². The first-order chi connectivity index (χ1) is 16.1. The maximum atomic E-state index is 12.2. The molecule has 2 aromatic rings. The van der Waals surface area contributed by atoms with Crippen LogP contribution in [0.1, 0.15) is 43.1 Å². The summed E-state index contributed by atoms with van der Waals surface area (Å²) in [5.74, 6) is 1.99. The van der Waals surface area contributed by atoms with Crippen LogP contribution in [-0.2, 0) is 4.84 Å². The quantitative estimate of drug-likeness (QED) is 0.597. The summed E-state index contributed by atoms with van der Waals surface area (Å²) >= 11 is 0. The highest BCUT2D eigenvalue weighted by Crippen LogP contribution is 2.27. The molecule has 9 heteroatoms. The van der Waals surface area contributed by atoms with Crippen LogP contribution in [0.15, 0.2) is 24.3 Å². The van der Waals surface area contributed by atoms with Crippen molar-refractivity contribution >= 4 is 29.2 Å². The Kier molecular flexibility index (Phi) is 8.33. The molecule has 1 aromatic carbocycles. The van der Waals surface area contributed by atoms with Crippen molar-refractivity contribution in [2.45, 2.75) is 34.1 Å². The molecule has 0 spiro atoms. The lowest BCUT2D eigenvalue weighted by molar-refractivity contribution is 0.0537. The Labute approximate surface area is 203 Å². The van der Waals surface area contributed by atoms with Crippen LogP contribution in [0.5, 0.6) is 0 Å². The van der Waals surface area contributed by atoms with Gasteiger partial charge >= 0.3 is 0 Å². The van der Waals surface area contributed by atoms with Crippen LogP contribution in [0.4, 0.5) is 23.3 Å². The number of hydrogen-bond donors (Lipinski definition) is 2. The van der Waals surface area contributed by atoms with Crippen LogP contribution in [-0.4, -0.2) is 74.7 Å². The van der Waals surface area contributed by atoms with Crippen molar-refractivity contribution in [3.05, 3.63) is 35.4 Å². The van der Waals surface area contributed by atoms with Crippen molar-refractivity contribution in [2.75, 3.05) is 69.0 Å². The minimum Gasteiger partial charge on any atom is -0.355 e. The van der Waals surface area contributed by atoms with E-state index in [1.165, 1.54) is 7.11 Å². The Hall–Kier alpha value is -2.91. The van der Waals surface area contributed by atoms with E-state index in [1.807, 2.05) is 32.2 Å². The van der Waals surface area contributed by atoms with Crippen LogP contribution >= 0.6 is 0 Å². The second-order valence-corrected chi connectivity index (χ2v) is 10.3. The molecule has 3 rings (SSSR count). The zero-order chi connectivity index (χ0) is 24.9. The first-order valence-corrected chi connectivity index (χ1v) is 11.8. The maximum Gasteiger partial charge on any atom is 0.274 e. The Morgan fingerprint density at radius 2 is 1.91 bits per heavy atom. The average molecular weight is 470 g/mol. The molecule has 1 aromatic heterocycles. The molecule has 34 heavy (non-hydrogen) atoms. The van der Waals surface area contributed by atoms with Gasteiger partial charge in [0.1, 0.15) is 11.6 Å². The molecule has 0 saturated carbocycles. The van der Waals surface area contributed by atoms with E-state index >= 15 is 0 Å². The molecule has 0 unspecified atom stereocenters. The molecule has 2 heterocycles. The zero-order valence-corrected chi connectivity index (χ0v) is 21.6. The molecule has 0 bridgehead atoms. The molecule has 1 saturated heterocycles. The number of carbonyl (C=O) groups is 1. The van der Waals surface area contributed by atoms with Crippen molar-refractivity contribution in [1.82, 2.24) is 20.3 Å². The number of rotatable bonds is 7. The number of hydroxylamine groups is 1. The highest BCUT2D eigenvalue weighted by Gasteiger charge is 2.20. The SMILES string of the molecule is CONC(=O)c1ccc(C)c(Nc2cc(N3CCCN(C)CC3)nc(N(C)CC(C)(C)C)n2)c1. The van der Waals surface area contributed by atoms with Crippen molar-refractivity contribution in [3.8, 4) is 0 Å². The van der Waals surface area contributed by atoms with Crippen molar-refractivity contribution in [1.29, 1.82) is 0 Å². The molecule has 0 radical (unpaired) electrons. The fourth-order valence-corrected chi connectivity index (χ4v) is 4.06. The highest BCUT2D eigenvalue weighted by molar-refractivity contribution is 5.94. The van der Waals surface area contributed by atoms with E-state index in [1.54, 1.807) is 6.07 Å². The smallest absolute Gasteiger partial charge is 0.274 e. The molecule has 0 aliphatic carbocycles. The van der Waals surface area contributed by atoms with Gasteiger partial charge in [0.25, 0.3) is 5.91 Å². The first-order valence-electron chi connectivity index (χ1n) is 11.8. The Balaban J connectivity index is 1.96. The molecule has 1 fully saturated rings. The zero-order valence-electron chi connectivity index (χ0n) is 21.6. The van der Waals surface area contributed by atoms with Gasteiger partial charge in [-0.05, 0) is 50.0 Å². The summed E-state index contributed by atoms with van der Waals surface area (Å²) < 4.78 is 0. The third-order valence-electron chi connectivity index (χ3n) is 5.75. The molecule has 1 amide bonds. The van der Waals surface area contributed by atoms with Crippen LogP contribution in [0, 0.1) is 12.3 Å². The lowest BCUT2D eigenvalue weighted by Crippen LogP contribution is -2.32. The van der Waals surface area contributed by atoms with Gasteiger partial charge in [0, 0.05) is 50.5 Å². The molecular formula is C25H39N7O2. The topological polar surface area (TPSA) is 85.9 Å². The average Bonchev–Trinajstić information content (AvgIpc) is 2.98. The fraction of sp³-hybridized carbons (Fsp3) is 0.560. The van der Waals surface area contributed by atoms with E-state index in [9.17, 15) is 4.79 Å². The first kappa shape index (κ1) is 25.7. The van der Waals surface area contributed by atoms with Gasteiger partial charge in [0.2, 0.25) is 5.95 Å². The predicted octanol–water partition coefficient (Wildman–Crippen LogP) is 3.44. The summed E-state index contributed by atoms with van der Waals surface area (Å²) in [5.41, 5.74) is 4.80. The molecule has 186 valence electrons. The summed E-state index contributed by atoms with van der Waals surface area (Å²) in [7, 11) is 5.61. The Bertz CT molecular complexity index is 990. The predicted molar refractivity (Wildman–Crippen MR) is 138 cm³/mol. The van der Waals surface area contributed by atoms with Gasteiger partial charge in [-0.2, -0.15) is 9.97 Å². The summed E-state index contributed by atoms with van der Waals surface area (Å²) in [6.07, 6.45) is 1.09. The summed E-state index contributed by atoms with van der Waals surface area (Å²) in [5, 5.41) is 3.44. The fourth-order valence-electron chi connectivity index (χ4n) is 4.06. The van der Waals surface area contributed by atoms with Gasteiger partial charge in [-0.3, -0.25) is 9.63 Å². The maximum absolute atomic E-state index is 12.2. The third kappa shape index (κ3) is 7.04. The third-order valence-corrected chi connectivity index (χ3v) is 5.75. The van der Waals surface area contributed by atoms with Crippen LogP contribution in [0.3, 0.4) is 0 Å². The number of hydrogen-bond acceptors (Lipinski definition) is 8. The second kappa shape index (κ2) is 11.0. The van der Waals surface area contributed by atoms with Gasteiger partial charge in [-0.25, -0.2) is 5.48 Å². The Morgan fingerprint density at radius 1 is 1.15 bits per heavy atom. The van der Waals surface area contributed by atoms with Gasteiger partial charge in [0.15, 0.2) is 0 Å². The number of likely N-dealkylation sites (N-methyl/N-ethyl adjacent to an activating group) is 1. The van der Waals surface area contributed by atoms with Crippen LogP contribution in [0.25, 0.3) is 0 Å². The largest absolute Gasteiger partial charge is 0.355 e.